The standard InChI is InChI=1S/C15H13ClF3NO/c1-9-6-12(16)3-5-13(9)21-14-4-2-11(15(17,18)19)7-10(14)8-20/h2-7H,8,20H2,1H3. The maximum atomic E-state index is 12.7. The van der Waals surface area contributed by atoms with E-state index in [1.807, 2.05) is 0 Å². The lowest BCUT2D eigenvalue weighted by atomic mass is 10.1. The average molecular weight is 316 g/mol. The Morgan fingerprint density at radius 1 is 1.10 bits per heavy atom. The Morgan fingerprint density at radius 2 is 1.76 bits per heavy atom. The molecule has 21 heavy (non-hydrogen) atoms. The van der Waals surface area contributed by atoms with Crippen molar-refractivity contribution in [3.8, 4) is 11.5 Å². The molecule has 2 rings (SSSR count). The normalized spacial score (nSPS) is 11.5. The van der Waals surface area contributed by atoms with Gasteiger partial charge in [-0.3, -0.25) is 0 Å². The molecule has 0 heterocycles. The van der Waals surface area contributed by atoms with Crippen molar-refractivity contribution in [2.75, 3.05) is 0 Å². The van der Waals surface area contributed by atoms with E-state index in [1.54, 1.807) is 25.1 Å². The molecular formula is C15H13ClF3NO. The van der Waals surface area contributed by atoms with E-state index in [-0.39, 0.29) is 6.54 Å². The van der Waals surface area contributed by atoms with Gasteiger partial charge in [-0.15, -0.1) is 0 Å². The molecule has 2 nitrogen and oxygen atoms in total. The van der Waals surface area contributed by atoms with Crippen molar-refractivity contribution < 1.29 is 17.9 Å². The van der Waals surface area contributed by atoms with Gasteiger partial charge in [-0.05, 0) is 48.9 Å². The van der Waals surface area contributed by atoms with E-state index in [9.17, 15) is 13.2 Å². The summed E-state index contributed by atoms with van der Waals surface area (Å²) in [6.45, 7) is 1.75. The molecule has 112 valence electrons. The van der Waals surface area contributed by atoms with Crippen LogP contribution in [0.1, 0.15) is 16.7 Å². The van der Waals surface area contributed by atoms with Crippen LogP contribution in [0.5, 0.6) is 11.5 Å². The number of nitrogens with two attached hydrogens (primary N) is 1. The van der Waals surface area contributed by atoms with Gasteiger partial charge in [0.25, 0.3) is 0 Å². The number of alkyl halides is 3. The molecular weight excluding hydrogens is 303 g/mol. The van der Waals surface area contributed by atoms with Gasteiger partial charge in [-0.1, -0.05) is 11.6 Å². The van der Waals surface area contributed by atoms with Gasteiger partial charge >= 0.3 is 6.18 Å². The predicted molar refractivity (Wildman–Crippen MR) is 75.6 cm³/mol. The lowest BCUT2D eigenvalue weighted by molar-refractivity contribution is -0.137. The van der Waals surface area contributed by atoms with Crippen LogP contribution < -0.4 is 10.5 Å². The van der Waals surface area contributed by atoms with Crippen LogP contribution in [-0.2, 0) is 12.7 Å². The van der Waals surface area contributed by atoms with E-state index < -0.39 is 11.7 Å². The molecule has 0 atom stereocenters. The smallest absolute Gasteiger partial charge is 0.416 e. The van der Waals surface area contributed by atoms with Crippen molar-refractivity contribution in [3.63, 3.8) is 0 Å². The third kappa shape index (κ3) is 3.68. The Labute approximate surface area is 125 Å². The van der Waals surface area contributed by atoms with Crippen LogP contribution in [0.2, 0.25) is 5.02 Å². The Bertz CT molecular complexity index is 656. The molecule has 0 saturated heterocycles. The van der Waals surface area contributed by atoms with Crippen molar-refractivity contribution in [1.82, 2.24) is 0 Å². The lowest BCUT2D eigenvalue weighted by Crippen LogP contribution is -2.08. The highest BCUT2D eigenvalue weighted by Crippen LogP contribution is 2.35. The molecule has 0 unspecified atom stereocenters. The van der Waals surface area contributed by atoms with E-state index in [1.165, 1.54) is 6.07 Å². The summed E-state index contributed by atoms with van der Waals surface area (Å²) in [5.41, 5.74) is 5.84. The third-order valence-electron chi connectivity index (χ3n) is 2.96. The molecule has 2 N–H and O–H groups in total. The molecule has 0 amide bonds. The maximum absolute atomic E-state index is 12.7. The highest BCUT2D eigenvalue weighted by Gasteiger charge is 2.31. The van der Waals surface area contributed by atoms with Crippen LogP contribution in [-0.4, -0.2) is 0 Å². The molecule has 0 saturated carbocycles. The Balaban J connectivity index is 2.36. The second-order valence-corrected chi connectivity index (χ2v) is 4.97. The highest BCUT2D eigenvalue weighted by atomic mass is 35.5. The number of halogens is 4. The van der Waals surface area contributed by atoms with E-state index in [2.05, 4.69) is 0 Å². The monoisotopic (exact) mass is 315 g/mol. The zero-order valence-electron chi connectivity index (χ0n) is 11.2. The summed E-state index contributed by atoms with van der Waals surface area (Å²) in [6, 6.07) is 8.27. The zero-order chi connectivity index (χ0) is 15.6. The van der Waals surface area contributed by atoms with E-state index in [0.29, 0.717) is 22.1 Å². The summed E-state index contributed by atoms with van der Waals surface area (Å²) in [5.74, 6) is 0.824. The summed E-state index contributed by atoms with van der Waals surface area (Å²) in [5, 5.41) is 0.561. The van der Waals surface area contributed by atoms with Crippen molar-refractivity contribution in [2.24, 2.45) is 5.73 Å². The Hall–Kier alpha value is -1.72. The van der Waals surface area contributed by atoms with Crippen molar-refractivity contribution in [1.29, 1.82) is 0 Å². The highest BCUT2D eigenvalue weighted by molar-refractivity contribution is 6.30. The van der Waals surface area contributed by atoms with Gasteiger partial charge in [-0.25, -0.2) is 0 Å². The molecule has 0 fully saturated rings. The van der Waals surface area contributed by atoms with Gasteiger partial charge in [0.2, 0.25) is 0 Å². The first-order chi connectivity index (χ1) is 9.81. The molecule has 0 aromatic heterocycles. The molecule has 0 bridgehead atoms. The van der Waals surface area contributed by atoms with Gasteiger partial charge in [0.05, 0.1) is 5.56 Å². The van der Waals surface area contributed by atoms with Gasteiger partial charge in [-0.2, -0.15) is 13.2 Å². The van der Waals surface area contributed by atoms with Gasteiger partial charge in [0.1, 0.15) is 11.5 Å². The first kappa shape index (κ1) is 15.7. The molecule has 2 aromatic rings. The van der Waals surface area contributed by atoms with E-state index in [0.717, 1.165) is 17.7 Å². The fraction of sp³-hybridized carbons (Fsp3) is 0.200. The number of benzene rings is 2. The van der Waals surface area contributed by atoms with E-state index >= 15 is 0 Å². The van der Waals surface area contributed by atoms with Crippen LogP contribution in [0.15, 0.2) is 36.4 Å². The SMILES string of the molecule is Cc1cc(Cl)ccc1Oc1ccc(C(F)(F)F)cc1CN. The maximum Gasteiger partial charge on any atom is 0.416 e. The summed E-state index contributed by atoms with van der Waals surface area (Å²) in [7, 11) is 0. The third-order valence-corrected chi connectivity index (χ3v) is 3.20. The average Bonchev–Trinajstić information content (AvgIpc) is 2.41. The molecule has 0 aliphatic rings. The summed E-state index contributed by atoms with van der Waals surface area (Å²) >= 11 is 5.85. The van der Waals surface area contributed by atoms with Crippen molar-refractivity contribution in [3.05, 3.63) is 58.1 Å². The minimum atomic E-state index is -4.40. The van der Waals surface area contributed by atoms with Crippen LogP contribution in [0, 0.1) is 6.92 Å². The zero-order valence-corrected chi connectivity index (χ0v) is 11.9. The van der Waals surface area contributed by atoms with Crippen LogP contribution in [0.4, 0.5) is 13.2 Å². The first-order valence-electron chi connectivity index (χ1n) is 6.15. The van der Waals surface area contributed by atoms with Crippen molar-refractivity contribution >= 4 is 11.6 Å². The summed E-state index contributed by atoms with van der Waals surface area (Å²) < 4.78 is 43.7. The van der Waals surface area contributed by atoms with E-state index in [4.69, 9.17) is 22.1 Å². The minimum absolute atomic E-state index is 0.0497. The predicted octanol–water partition coefficient (Wildman–Crippen LogP) is 4.92. The lowest BCUT2D eigenvalue weighted by Gasteiger charge is -2.14. The van der Waals surface area contributed by atoms with Crippen LogP contribution >= 0.6 is 11.6 Å². The number of hydrogen-bond donors (Lipinski definition) is 1. The minimum Gasteiger partial charge on any atom is -0.457 e. The number of rotatable bonds is 3. The molecule has 0 spiro atoms. The largest absolute Gasteiger partial charge is 0.457 e. The van der Waals surface area contributed by atoms with Gasteiger partial charge in [0, 0.05) is 17.1 Å². The van der Waals surface area contributed by atoms with Gasteiger partial charge < -0.3 is 10.5 Å². The fourth-order valence-corrected chi connectivity index (χ4v) is 2.09. The summed E-state index contributed by atoms with van der Waals surface area (Å²) in [4.78, 5) is 0. The second-order valence-electron chi connectivity index (χ2n) is 4.54. The molecule has 6 heteroatoms. The van der Waals surface area contributed by atoms with Crippen molar-refractivity contribution in [2.45, 2.75) is 19.6 Å². The number of ether oxygens (including phenoxy) is 1. The van der Waals surface area contributed by atoms with Crippen LogP contribution in [0.3, 0.4) is 0 Å². The molecule has 0 radical (unpaired) electrons. The van der Waals surface area contributed by atoms with Crippen LogP contribution in [0.25, 0.3) is 0 Å². The quantitative estimate of drug-likeness (QED) is 0.872. The first-order valence-corrected chi connectivity index (χ1v) is 6.53. The topological polar surface area (TPSA) is 35.2 Å². The Morgan fingerprint density at radius 3 is 2.33 bits per heavy atom. The molecule has 0 aliphatic heterocycles. The summed E-state index contributed by atoms with van der Waals surface area (Å²) in [6.07, 6.45) is -4.40. The van der Waals surface area contributed by atoms with Gasteiger partial charge in [0.15, 0.2) is 0 Å². The molecule has 0 aliphatic carbocycles. The second kappa shape index (κ2) is 5.95. The number of hydrogen-bond acceptors (Lipinski definition) is 2. The number of aryl methyl sites for hydroxylation is 1. The fourth-order valence-electron chi connectivity index (χ4n) is 1.86. The Kier molecular flexibility index (Phi) is 4.44. The molecule has 2 aromatic carbocycles.